The summed E-state index contributed by atoms with van der Waals surface area (Å²) in [7, 11) is 0. The molecule has 2 N–H and O–H groups in total. The van der Waals surface area contributed by atoms with Crippen LogP contribution in [0.4, 0.5) is 0 Å². The lowest BCUT2D eigenvalue weighted by Gasteiger charge is -2.23. The van der Waals surface area contributed by atoms with Crippen LogP contribution in [0.2, 0.25) is 0 Å². The standard InChI is InChI=1S/C15H20N2O/c18-15(17-14-5-6-14)13-3-1-11(2-4-13)12-7-9-16-10-8-12/h1-4,12,14,16H,5-10H2,(H,17,18). The minimum absolute atomic E-state index is 0.0781. The first kappa shape index (κ1) is 11.7. The number of amides is 1. The van der Waals surface area contributed by atoms with Crippen molar-refractivity contribution in [1.82, 2.24) is 10.6 Å². The molecule has 3 nitrogen and oxygen atoms in total. The summed E-state index contributed by atoms with van der Waals surface area (Å²) >= 11 is 0. The topological polar surface area (TPSA) is 41.1 Å². The molecule has 0 atom stereocenters. The van der Waals surface area contributed by atoms with Gasteiger partial charge in [0.25, 0.3) is 5.91 Å². The van der Waals surface area contributed by atoms with Gasteiger partial charge in [-0.2, -0.15) is 0 Å². The van der Waals surface area contributed by atoms with E-state index < -0.39 is 0 Å². The highest BCUT2D eigenvalue weighted by atomic mass is 16.1. The fraction of sp³-hybridized carbons (Fsp3) is 0.533. The molecule has 1 aliphatic heterocycles. The van der Waals surface area contributed by atoms with Crippen LogP contribution in [-0.2, 0) is 0 Å². The number of benzene rings is 1. The number of carbonyl (C=O) groups is 1. The van der Waals surface area contributed by atoms with Gasteiger partial charge in [0.1, 0.15) is 0 Å². The Labute approximate surface area is 108 Å². The highest BCUT2D eigenvalue weighted by molar-refractivity contribution is 5.94. The molecule has 2 aliphatic rings. The number of nitrogens with one attached hydrogen (secondary N) is 2. The van der Waals surface area contributed by atoms with Crippen molar-refractivity contribution in [2.24, 2.45) is 0 Å². The Morgan fingerprint density at radius 3 is 2.33 bits per heavy atom. The van der Waals surface area contributed by atoms with Crippen molar-refractivity contribution in [3.8, 4) is 0 Å². The van der Waals surface area contributed by atoms with Gasteiger partial charge in [0.05, 0.1) is 0 Å². The van der Waals surface area contributed by atoms with Gasteiger partial charge in [-0.15, -0.1) is 0 Å². The minimum atomic E-state index is 0.0781. The fourth-order valence-electron chi connectivity index (χ4n) is 2.56. The first-order valence-electron chi connectivity index (χ1n) is 6.94. The molecular formula is C15H20N2O. The van der Waals surface area contributed by atoms with Crippen LogP contribution < -0.4 is 10.6 Å². The second-order valence-corrected chi connectivity index (χ2v) is 5.39. The molecule has 0 bridgehead atoms. The average Bonchev–Trinajstić information content (AvgIpc) is 3.24. The van der Waals surface area contributed by atoms with Crippen LogP contribution in [0, 0.1) is 0 Å². The van der Waals surface area contributed by atoms with E-state index >= 15 is 0 Å². The Bertz CT molecular complexity index is 417. The molecule has 3 heteroatoms. The van der Waals surface area contributed by atoms with Gasteiger partial charge in [-0.1, -0.05) is 12.1 Å². The predicted molar refractivity (Wildman–Crippen MR) is 71.8 cm³/mol. The van der Waals surface area contributed by atoms with E-state index in [9.17, 15) is 4.79 Å². The van der Waals surface area contributed by atoms with Crippen LogP contribution in [0.25, 0.3) is 0 Å². The summed E-state index contributed by atoms with van der Waals surface area (Å²) in [6.07, 6.45) is 4.68. The molecule has 18 heavy (non-hydrogen) atoms. The smallest absolute Gasteiger partial charge is 0.251 e. The number of hydrogen-bond donors (Lipinski definition) is 2. The van der Waals surface area contributed by atoms with Gasteiger partial charge in [0.15, 0.2) is 0 Å². The number of hydrogen-bond acceptors (Lipinski definition) is 2. The van der Waals surface area contributed by atoms with E-state index in [4.69, 9.17) is 0 Å². The number of carbonyl (C=O) groups excluding carboxylic acids is 1. The lowest BCUT2D eigenvalue weighted by molar-refractivity contribution is 0.0951. The zero-order valence-electron chi connectivity index (χ0n) is 10.6. The molecule has 2 fully saturated rings. The summed E-state index contributed by atoms with van der Waals surface area (Å²) in [6.45, 7) is 2.21. The summed E-state index contributed by atoms with van der Waals surface area (Å²) in [5, 5.41) is 6.40. The summed E-state index contributed by atoms with van der Waals surface area (Å²) in [5.41, 5.74) is 2.17. The van der Waals surface area contributed by atoms with Crippen LogP contribution in [0.5, 0.6) is 0 Å². The number of rotatable bonds is 3. The first-order chi connectivity index (χ1) is 8.83. The van der Waals surface area contributed by atoms with Gasteiger partial charge in [-0.3, -0.25) is 4.79 Å². The molecule has 1 aliphatic carbocycles. The van der Waals surface area contributed by atoms with E-state index in [1.165, 1.54) is 18.4 Å². The maximum atomic E-state index is 11.9. The molecule has 1 aromatic rings. The van der Waals surface area contributed by atoms with Gasteiger partial charge in [-0.25, -0.2) is 0 Å². The molecule has 1 heterocycles. The number of piperidine rings is 1. The van der Waals surface area contributed by atoms with Gasteiger partial charge in [0.2, 0.25) is 0 Å². The summed E-state index contributed by atoms with van der Waals surface area (Å²) in [5.74, 6) is 0.737. The van der Waals surface area contributed by atoms with Crippen molar-refractivity contribution < 1.29 is 4.79 Å². The van der Waals surface area contributed by atoms with E-state index in [2.05, 4.69) is 22.8 Å². The van der Waals surface area contributed by atoms with Crippen molar-refractivity contribution in [2.75, 3.05) is 13.1 Å². The van der Waals surface area contributed by atoms with Crippen LogP contribution in [-0.4, -0.2) is 25.0 Å². The molecule has 1 amide bonds. The van der Waals surface area contributed by atoms with Crippen LogP contribution >= 0.6 is 0 Å². The Morgan fingerprint density at radius 1 is 1.06 bits per heavy atom. The van der Waals surface area contributed by atoms with Crippen LogP contribution in [0.15, 0.2) is 24.3 Å². The van der Waals surface area contributed by atoms with E-state index in [-0.39, 0.29) is 5.91 Å². The molecule has 0 unspecified atom stereocenters. The van der Waals surface area contributed by atoms with Crippen LogP contribution in [0.3, 0.4) is 0 Å². The zero-order chi connectivity index (χ0) is 12.4. The predicted octanol–water partition coefficient (Wildman–Crippen LogP) is 2.05. The van der Waals surface area contributed by atoms with Crippen molar-refractivity contribution >= 4 is 5.91 Å². The Morgan fingerprint density at radius 2 is 1.72 bits per heavy atom. The van der Waals surface area contributed by atoms with E-state index in [0.717, 1.165) is 31.5 Å². The highest BCUT2D eigenvalue weighted by Crippen LogP contribution is 2.25. The van der Waals surface area contributed by atoms with Crippen molar-refractivity contribution in [2.45, 2.75) is 37.6 Å². The molecule has 0 spiro atoms. The van der Waals surface area contributed by atoms with Gasteiger partial charge < -0.3 is 10.6 Å². The second kappa shape index (κ2) is 5.11. The Hall–Kier alpha value is -1.35. The highest BCUT2D eigenvalue weighted by Gasteiger charge is 2.23. The normalized spacial score (nSPS) is 20.7. The molecular weight excluding hydrogens is 224 g/mol. The molecule has 3 rings (SSSR count). The van der Waals surface area contributed by atoms with Crippen LogP contribution in [0.1, 0.15) is 47.5 Å². The van der Waals surface area contributed by atoms with Gasteiger partial charge >= 0.3 is 0 Å². The third kappa shape index (κ3) is 2.72. The van der Waals surface area contributed by atoms with Crippen molar-refractivity contribution in [1.29, 1.82) is 0 Å². The Balaban J connectivity index is 1.65. The largest absolute Gasteiger partial charge is 0.349 e. The molecule has 96 valence electrons. The zero-order valence-corrected chi connectivity index (χ0v) is 10.6. The quantitative estimate of drug-likeness (QED) is 0.854. The SMILES string of the molecule is O=C(NC1CC1)c1ccc(C2CCNCC2)cc1. The Kier molecular flexibility index (Phi) is 3.33. The van der Waals surface area contributed by atoms with Crippen molar-refractivity contribution in [3.05, 3.63) is 35.4 Å². The minimum Gasteiger partial charge on any atom is -0.349 e. The molecule has 0 aromatic heterocycles. The molecule has 0 radical (unpaired) electrons. The summed E-state index contributed by atoms with van der Waals surface area (Å²) in [6, 6.07) is 8.61. The monoisotopic (exact) mass is 244 g/mol. The second-order valence-electron chi connectivity index (χ2n) is 5.39. The molecule has 1 saturated carbocycles. The first-order valence-corrected chi connectivity index (χ1v) is 6.94. The third-order valence-corrected chi connectivity index (χ3v) is 3.90. The molecule has 1 saturated heterocycles. The summed E-state index contributed by atoms with van der Waals surface area (Å²) < 4.78 is 0. The average molecular weight is 244 g/mol. The van der Waals surface area contributed by atoms with E-state index in [1.54, 1.807) is 0 Å². The third-order valence-electron chi connectivity index (χ3n) is 3.90. The fourth-order valence-corrected chi connectivity index (χ4v) is 2.56. The maximum absolute atomic E-state index is 11.9. The summed E-state index contributed by atoms with van der Waals surface area (Å²) in [4.78, 5) is 11.9. The maximum Gasteiger partial charge on any atom is 0.251 e. The van der Waals surface area contributed by atoms with Crippen molar-refractivity contribution in [3.63, 3.8) is 0 Å². The lowest BCUT2D eigenvalue weighted by atomic mass is 9.90. The molecule has 1 aromatic carbocycles. The lowest BCUT2D eigenvalue weighted by Crippen LogP contribution is -2.27. The van der Waals surface area contributed by atoms with Gasteiger partial charge in [-0.05, 0) is 62.4 Å². The van der Waals surface area contributed by atoms with E-state index in [1.807, 2.05) is 12.1 Å². The van der Waals surface area contributed by atoms with E-state index in [0.29, 0.717) is 12.0 Å². The van der Waals surface area contributed by atoms with Gasteiger partial charge in [0, 0.05) is 11.6 Å².